The predicted octanol–water partition coefficient (Wildman–Crippen LogP) is 3.48. The van der Waals surface area contributed by atoms with Gasteiger partial charge in [-0.15, -0.1) is 0 Å². The highest BCUT2D eigenvalue weighted by molar-refractivity contribution is 6.06. The molecule has 1 N–H and O–H groups in total. The minimum atomic E-state index is -0.442. The van der Waals surface area contributed by atoms with Crippen molar-refractivity contribution in [3.05, 3.63) is 46.0 Å². The van der Waals surface area contributed by atoms with E-state index in [1.165, 1.54) is 18.2 Å². The Morgan fingerprint density at radius 3 is 2.85 bits per heavy atom. The van der Waals surface area contributed by atoms with Crippen LogP contribution in [0.25, 0.3) is 10.9 Å². The monoisotopic (exact) mass is 372 g/mol. The Morgan fingerprint density at radius 2 is 2.11 bits per heavy atom. The number of nitrogens with zero attached hydrogens (tertiary/aromatic N) is 1. The van der Waals surface area contributed by atoms with Gasteiger partial charge in [0.05, 0.1) is 23.3 Å². The highest BCUT2D eigenvalue weighted by atomic mass is 19.1. The van der Waals surface area contributed by atoms with E-state index in [1.807, 2.05) is 4.90 Å². The molecule has 0 spiro atoms. The number of hydrogen-bond acceptors (Lipinski definition) is 3. The van der Waals surface area contributed by atoms with E-state index in [0.29, 0.717) is 35.5 Å². The Labute approximate surface area is 157 Å². The number of hydrogen-bond donors (Lipinski definition) is 1. The number of nitrogens with one attached hydrogen (secondary N) is 1. The summed E-state index contributed by atoms with van der Waals surface area (Å²) >= 11 is 0. The fourth-order valence-electron chi connectivity index (χ4n) is 3.94. The Hall–Kier alpha value is -2.21. The van der Waals surface area contributed by atoms with Crippen molar-refractivity contribution < 1.29 is 13.9 Å². The number of morpholine rings is 1. The zero-order valence-electron chi connectivity index (χ0n) is 15.5. The Bertz CT molecular complexity index is 906. The van der Waals surface area contributed by atoms with Crippen LogP contribution in [0, 0.1) is 11.7 Å². The zero-order valence-corrected chi connectivity index (χ0v) is 15.5. The second kappa shape index (κ2) is 7.43. The Kier molecular flexibility index (Phi) is 5.00. The summed E-state index contributed by atoms with van der Waals surface area (Å²) in [5, 5.41) is 0.570. The van der Waals surface area contributed by atoms with E-state index in [9.17, 15) is 14.0 Å². The van der Waals surface area contributed by atoms with E-state index < -0.39 is 11.4 Å². The van der Waals surface area contributed by atoms with Crippen molar-refractivity contribution in [2.24, 2.45) is 5.92 Å². The van der Waals surface area contributed by atoms with E-state index in [1.54, 1.807) is 6.07 Å². The molecule has 27 heavy (non-hydrogen) atoms. The summed E-state index contributed by atoms with van der Waals surface area (Å²) in [6.07, 6.45) is 5.52. The van der Waals surface area contributed by atoms with Gasteiger partial charge in [-0.2, -0.15) is 0 Å². The summed E-state index contributed by atoms with van der Waals surface area (Å²) in [5.41, 5.74) is 0.283. The van der Waals surface area contributed by atoms with Crippen molar-refractivity contribution in [2.75, 3.05) is 13.1 Å². The quantitative estimate of drug-likeness (QED) is 0.874. The molecule has 0 radical (unpaired) electrons. The number of benzene rings is 1. The average molecular weight is 372 g/mol. The minimum absolute atomic E-state index is 0.0407. The van der Waals surface area contributed by atoms with Crippen LogP contribution in [-0.4, -0.2) is 41.1 Å². The van der Waals surface area contributed by atoms with Crippen molar-refractivity contribution >= 4 is 16.8 Å². The molecular formula is C21H25FN2O3. The molecule has 2 atom stereocenters. The molecule has 1 aromatic carbocycles. The van der Waals surface area contributed by atoms with Crippen LogP contribution < -0.4 is 5.56 Å². The van der Waals surface area contributed by atoms with Gasteiger partial charge in [0.2, 0.25) is 5.56 Å². The third-order valence-electron chi connectivity index (χ3n) is 5.54. The van der Waals surface area contributed by atoms with E-state index in [2.05, 4.69) is 11.9 Å². The fourth-order valence-corrected chi connectivity index (χ4v) is 3.94. The number of rotatable bonds is 5. The molecule has 0 unspecified atom stereocenters. The van der Waals surface area contributed by atoms with Crippen molar-refractivity contribution in [1.29, 1.82) is 0 Å². The highest BCUT2D eigenvalue weighted by Gasteiger charge is 2.39. The minimum Gasteiger partial charge on any atom is -0.371 e. The van der Waals surface area contributed by atoms with E-state index in [-0.39, 0.29) is 18.1 Å². The van der Waals surface area contributed by atoms with Crippen LogP contribution in [0.5, 0.6) is 0 Å². The van der Waals surface area contributed by atoms with Gasteiger partial charge < -0.3 is 14.6 Å². The summed E-state index contributed by atoms with van der Waals surface area (Å²) in [6, 6.07) is 5.45. The summed E-state index contributed by atoms with van der Waals surface area (Å²) < 4.78 is 19.8. The van der Waals surface area contributed by atoms with Gasteiger partial charge in [0.1, 0.15) is 5.82 Å². The number of amides is 1. The molecule has 1 amide bonds. The van der Waals surface area contributed by atoms with E-state index >= 15 is 0 Å². The van der Waals surface area contributed by atoms with Crippen LogP contribution in [0.4, 0.5) is 4.39 Å². The number of aromatic nitrogens is 1. The zero-order chi connectivity index (χ0) is 19.0. The smallest absolute Gasteiger partial charge is 0.254 e. The Morgan fingerprint density at radius 1 is 1.30 bits per heavy atom. The number of carbonyl (C=O) groups is 1. The molecule has 1 aliphatic carbocycles. The van der Waals surface area contributed by atoms with Gasteiger partial charge >= 0.3 is 0 Å². The third kappa shape index (κ3) is 3.90. The van der Waals surface area contributed by atoms with Crippen molar-refractivity contribution in [2.45, 2.75) is 51.2 Å². The molecule has 2 aromatic rings. The molecule has 2 fully saturated rings. The number of fused-ring (bicyclic) bond motifs is 1. The van der Waals surface area contributed by atoms with Gasteiger partial charge in [-0.05, 0) is 43.4 Å². The highest BCUT2D eigenvalue weighted by Crippen LogP contribution is 2.37. The number of unbranched alkanes of at least 4 members (excludes halogenated alkanes) is 1. The molecule has 2 heterocycles. The van der Waals surface area contributed by atoms with Gasteiger partial charge in [-0.3, -0.25) is 9.59 Å². The normalized spacial score (nSPS) is 23.0. The Balaban J connectivity index is 1.64. The van der Waals surface area contributed by atoms with E-state index in [4.69, 9.17) is 4.74 Å². The van der Waals surface area contributed by atoms with Gasteiger partial charge in [0.25, 0.3) is 5.91 Å². The maximum atomic E-state index is 13.5. The lowest BCUT2D eigenvalue weighted by Crippen LogP contribution is -2.51. The fraction of sp³-hybridized carbons (Fsp3) is 0.524. The largest absolute Gasteiger partial charge is 0.371 e. The molecule has 1 saturated heterocycles. The molecule has 144 valence electrons. The summed E-state index contributed by atoms with van der Waals surface area (Å²) in [5.74, 6) is -0.0783. The summed E-state index contributed by atoms with van der Waals surface area (Å²) in [7, 11) is 0. The SMILES string of the molecule is CCCC[C@@H]1CN(C(=O)c2cc(=O)[nH]c3cc(F)ccc23)C[C@H](C2CC2)O1. The van der Waals surface area contributed by atoms with E-state index in [0.717, 1.165) is 32.1 Å². The van der Waals surface area contributed by atoms with Crippen LogP contribution >= 0.6 is 0 Å². The second-order valence-electron chi connectivity index (χ2n) is 7.72. The topological polar surface area (TPSA) is 62.4 Å². The van der Waals surface area contributed by atoms with Crippen LogP contribution in [0.2, 0.25) is 0 Å². The summed E-state index contributed by atoms with van der Waals surface area (Å²) in [4.78, 5) is 29.7. The maximum Gasteiger partial charge on any atom is 0.254 e. The average Bonchev–Trinajstić information content (AvgIpc) is 3.49. The van der Waals surface area contributed by atoms with Crippen LogP contribution in [0.15, 0.2) is 29.1 Å². The number of H-pyrrole nitrogens is 1. The first kappa shape index (κ1) is 18.2. The van der Waals surface area contributed by atoms with Crippen molar-refractivity contribution in [3.63, 3.8) is 0 Å². The first-order valence-corrected chi connectivity index (χ1v) is 9.82. The number of aromatic amines is 1. The first-order chi connectivity index (χ1) is 13.0. The molecule has 0 bridgehead atoms. The van der Waals surface area contributed by atoms with Crippen molar-refractivity contribution in [1.82, 2.24) is 9.88 Å². The molecular weight excluding hydrogens is 347 g/mol. The second-order valence-corrected chi connectivity index (χ2v) is 7.72. The van der Waals surface area contributed by atoms with Crippen LogP contribution in [0.1, 0.15) is 49.4 Å². The van der Waals surface area contributed by atoms with Gasteiger partial charge in [-0.1, -0.05) is 19.8 Å². The molecule has 1 aromatic heterocycles. The van der Waals surface area contributed by atoms with Gasteiger partial charge in [-0.25, -0.2) is 4.39 Å². The lowest BCUT2D eigenvalue weighted by atomic mass is 10.0. The number of halogens is 1. The third-order valence-corrected chi connectivity index (χ3v) is 5.54. The van der Waals surface area contributed by atoms with Gasteiger partial charge in [0, 0.05) is 24.5 Å². The predicted molar refractivity (Wildman–Crippen MR) is 101 cm³/mol. The molecule has 5 nitrogen and oxygen atoms in total. The molecule has 1 aliphatic heterocycles. The summed E-state index contributed by atoms with van der Waals surface area (Å²) in [6.45, 7) is 3.24. The lowest BCUT2D eigenvalue weighted by molar-refractivity contribution is -0.0874. The molecule has 4 rings (SSSR count). The van der Waals surface area contributed by atoms with Crippen LogP contribution in [-0.2, 0) is 4.74 Å². The van der Waals surface area contributed by atoms with Crippen LogP contribution in [0.3, 0.4) is 0 Å². The van der Waals surface area contributed by atoms with Gasteiger partial charge in [0.15, 0.2) is 0 Å². The maximum absolute atomic E-state index is 13.5. The number of pyridine rings is 1. The molecule has 2 aliphatic rings. The van der Waals surface area contributed by atoms with Crippen molar-refractivity contribution in [3.8, 4) is 0 Å². The molecule has 1 saturated carbocycles. The first-order valence-electron chi connectivity index (χ1n) is 9.82. The molecule has 6 heteroatoms. The number of carbonyl (C=O) groups excluding carboxylic acids is 1. The standard InChI is InChI=1S/C21H25FN2O3/c1-2-3-4-15-11-24(12-19(27-15)13-5-6-13)21(26)17-10-20(25)23-18-9-14(22)7-8-16(17)18/h7-10,13,15,19H,2-6,11-12H2,1H3,(H,23,25)/t15-,19-/m1/s1. The lowest BCUT2D eigenvalue weighted by Gasteiger charge is -2.38. The number of ether oxygens (including phenoxy) is 1.